The number of hydrogen-bond donors (Lipinski definition) is 2. The van der Waals surface area contributed by atoms with Crippen LogP contribution < -0.4 is 5.32 Å². The van der Waals surface area contributed by atoms with Gasteiger partial charge in [-0.15, -0.1) is 5.10 Å². The van der Waals surface area contributed by atoms with Gasteiger partial charge in [0, 0.05) is 24.3 Å². The summed E-state index contributed by atoms with van der Waals surface area (Å²) in [7, 11) is 0. The summed E-state index contributed by atoms with van der Waals surface area (Å²) < 4.78 is 7.29. The molecule has 0 radical (unpaired) electrons. The third-order valence-corrected chi connectivity index (χ3v) is 5.78. The highest BCUT2D eigenvalue weighted by molar-refractivity contribution is 5.90. The Labute approximate surface area is 177 Å². The first-order chi connectivity index (χ1) is 15.1. The fraction of sp³-hybridized carbons (Fsp3) is 0.381. The molecule has 3 heterocycles. The minimum Gasteiger partial charge on any atom is -0.465 e. The molecule has 0 bridgehead atoms. The molecule has 10 nitrogen and oxygen atoms in total. The minimum atomic E-state index is -1.03. The lowest BCUT2D eigenvalue weighted by Gasteiger charge is -2.20. The molecule has 1 aliphatic carbocycles. The predicted octanol–water partition coefficient (Wildman–Crippen LogP) is 2.36. The van der Waals surface area contributed by atoms with E-state index in [0.717, 1.165) is 5.56 Å². The lowest BCUT2D eigenvalue weighted by molar-refractivity contribution is 0.0901. The molecule has 2 aromatic heterocycles. The monoisotopic (exact) mass is 422 g/mol. The van der Waals surface area contributed by atoms with Crippen LogP contribution in [-0.2, 0) is 6.54 Å². The Kier molecular flexibility index (Phi) is 4.89. The zero-order chi connectivity index (χ0) is 21.4. The normalized spacial score (nSPS) is 20.7. The first-order valence-electron chi connectivity index (χ1n) is 10.3. The van der Waals surface area contributed by atoms with Crippen LogP contribution in [0.5, 0.6) is 0 Å². The summed E-state index contributed by atoms with van der Waals surface area (Å²) in [4.78, 5) is 29.7. The summed E-state index contributed by atoms with van der Waals surface area (Å²) in [5, 5.41) is 20.0. The lowest BCUT2D eigenvalue weighted by Crippen LogP contribution is -2.39. The molecule has 1 saturated carbocycles. The van der Waals surface area contributed by atoms with Crippen LogP contribution >= 0.6 is 0 Å². The second-order valence-corrected chi connectivity index (χ2v) is 8.05. The van der Waals surface area contributed by atoms with Gasteiger partial charge in [0.2, 0.25) is 0 Å². The minimum absolute atomic E-state index is 0.0339. The van der Waals surface area contributed by atoms with Crippen molar-refractivity contribution in [1.82, 2.24) is 30.2 Å². The number of oxazole rings is 1. The zero-order valence-corrected chi connectivity index (χ0v) is 16.7. The van der Waals surface area contributed by atoms with Crippen molar-refractivity contribution >= 4 is 12.0 Å². The number of benzene rings is 1. The number of amides is 2. The highest BCUT2D eigenvalue weighted by Gasteiger charge is 2.37. The lowest BCUT2D eigenvalue weighted by atomic mass is 10.1. The van der Waals surface area contributed by atoms with Gasteiger partial charge in [0.1, 0.15) is 0 Å². The maximum absolute atomic E-state index is 12.7. The van der Waals surface area contributed by atoms with E-state index >= 15 is 0 Å². The van der Waals surface area contributed by atoms with Gasteiger partial charge in [-0.05, 0) is 36.8 Å². The summed E-state index contributed by atoms with van der Waals surface area (Å²) in [6.45, 7) is 0.566. The maximum Gasteiger partial charge on any atom is 0.407 e. The van der Waals surface area contributed by atoms with Crippen molar-refractivity contribution in [2.45, 2.75) is 43.8 Å². The molecule has 1 aliphatic heterocycles. The molecule has 0 spiro atoms. The molecule has 0 unspecified atom stereocenters. The molecule has 2 aliphatic rings. The van der Waals surface area contributed by atoms with E-state index in [9.17, 15) is 14.7 Å². The van der Waals surface area contributed by atoms with Gasteiger partial charge >= 0.3 is 12.0 Å². The molecule has 5 rings (SSSR count). The number of carbonyl (C=O) groups excluding carboxylic acids is 1. The van der Waals surface area contributed by atoms with Crippen molar-refractivity contribution in [3.05, 3.63) is 54.3 Å². The quantitative estimate of drug-likeness (QED) is 0.624. The molecule has 1 aromatic carbocycles. The SMILES string of the molecule is O=C(N[C@@H]1C[C@@H](Cn2ccnn2)N(C(=O)O)C1)c1ncc(-c2cccc(C3CC3)c2)o1. The van der Waals surface area contributed by atoms with Crippen molar-refractivity contribution in [2.75, 3.05) is 6.54 Å². The average molecular weight is 422 g/mol. The Bertz CT molecular complexity index is 1090. The van der Waals surface area contributed by atoms with E-state index in [4.69, 9.17) is 4.42 Å². The molecule has 3 aromatic rings. The summed E-state index contributed by atoms with van der Waals surface area (Å²) in [6.07, 6.45) is 6.62. The number of hydrogen-bond acceptors (Lipinski definition) is 6. The van der Waals surface area contributed by atoms with Gasteiger partial charge in [-0.25, -0.2) is 9.78 Å². The number of aromatic nitrogens is 4. The van der Waals surface area contributed by atoms with Gasteiger partial charge in [-0.3, -0.25) is 9.48 Å². The number of nitrogens with zero attached hydrogens (tertiary/aromatic N) is 5. The Morgan fingerprint density at radius 3 is 2.90 bits per heavy atom. The summed E-state index contributed by atoms with van der Waals surface area (Å²) in [5.74, 6) is 0.667. The molecular formula is C21H22N6O4. The fourth-order valence-electron chi connectivity index (χ4n) is 4.10. The second kappa shape index (κ2) is 7.86. The van der Waals surface area contributed by atoms with Crippen LogP contribution in [0.3, 0.4) is 0 Å². The Balaban J connectivity index is 1.25. The first-order valence-corrected chi connectivity index (χ1v) is 10.3. The van der Waals surface area contributed by atoms with Crippen molar-refractivity contribution in [3.63, 3.8) is 0 Å². The van der Waals surface area contributed by atoms with Crippen LogP contribution in [0.25, 0.3) is 11.3 Å². The number of nitrogens with one attached hydrogen (secondary N) is 1. The van der Waals surface area contributed by atoms with Gasteiger partial charge < -0.3 is 19.7 Å². The summed E-state index contributed by atoms with van der Waals surface area (Å²) in [5.41, 5.74) is 2.17. The second-order valence-electron chi connectivity index (χ2n) is 8.05. The number of rotatable bonds is 6. The molecular weight excluding hydrogens is 400 g/mol. The Morgan fingerprint density at radius 1 is 1.29 bits per heavy atom. The zero-order valence-electron chi connectivity index (χ0n) is 16.7. The van der Waals surface area contributed by atoms with Gasteiger partial charge in [0.05, 0.1) is 25.0 Å². The highest BCUT2D eigenvalue weighted by atomic mass is 16.4. The van der Waals surface area contributed by atoms with Gasteiger partial charge in [-0.1, -0.05) is 23.4 Å². The molecule has 2 fully saturated rings. The van der Waals surface area contributed by atoms with Crippen LogP contribution in [0.1, 0.15) is 41.4 Å². The van der Waals surface area contributed by atoms with E-state index in [-0.39, 0.29) is 24.5 Å². The predicted molar refractivity (Wildman–Crippen MR) is 108 cm³/mol. The van der Waals surface area contributed by atoms with E-state index < -0.39 is 12.0 Å². The largest absolute Gasteiger partial charge is 0.465 e. The van der Waals surface area contributed by atoms with Gasteiger partial charge in [0.25, 0.3) is 5.89 Å². The smallest absolute Gasteiger partial charge is 0.407 e. The fourth-order valence-corrected chi connectivity index (χ4v) is 4.10. The van der Waals surface area contributed by atoms with Crippen LogP contribution in [0, 0.1) is 0 Å². The average Bonchev–Trinajstić information content (AvgIpc) is 3.15. The van der Waals surface area contributed by atoms with Crippen LogP contribution in [0.2, 0.25) is 0 Å². The topological polar surface area (TPSA) is 126 Å². The molecule has 31 heavy (non-hydrogen) atoms. The molecule has 160 valence electrons. The van der Waals surface area contributed by atoms with Crippen molar-refractivity contribution < 1.29 is 19.1 Å². The summed E-state index contributed by atoms with van der Waals surface area (Å²) in [6, 6.07) is 7.45. The standard InChI is InChI=1S/C21H22N6O4/c28-19(20-22-10-18(31-20)15-3-1-2-14(8-15)13-4-5-13)24-16-9-17(27(11-16)21(29)30)12-26-7-6-23-25-26/h1-3,6-8,10,13,16-17H,4-5,9,11-12H2,(H,24,28)(H,29,30)/t16-,17+/m1/s1. The molecule has 2 amide bonds. The first kappa shape index (κ1) is 19.3. The van der Waals surface area contributed by atoms with Gasteiger partial charge in [0.15, 0.2) is 5.76 Å². The van der Waals surface area contributed by atoms with Crippen LogP contribution in [-0.4, -0.2) is 60.6 Å². The molecule has 2 atom stereocenters. The summed E-state index contributed by atoms with van der Waals surface area (Å²) >= 11 is 0. The van der Waals surface area contributed by atoms with E-state index in [1.807, 2.05) is 12.1 Å². The maximum atomic E-state index is 12.7. The van der Waals surface area contributed by atoms with E-state index in [2.05, 4.69) is 32.7 Å². The Hall–Kier alpha value is -3.69. The number of likely N-dealkylation sites (tertiary alicyclic amines) is 1. The van der Waals surface area contributed by atoms with E-state index in [1.54, 1.807) is 23.3 Å². The molecule has 10 heteroatoms. The molecule has 2 N–H and O–H groups in total. The number of carboxylic acid groups (broad SMARTS) is 1. The van der Waals surface area contributed by atoms with Crippen LogP contribution in [0.15, 0.2) is 47.3 Å². The molecule has 1 saturated heterocycles. The van der Waals surface area contributed by atoms with Crippen molar-refractivity contribution in [1.29, 1.82) is 0 Å². The third kappa shape index (κ3) is 4.14. The van der Waals surface area contributed by atoms with Crippen molar-refractivity contribution in [3.8, 4) is 11.3 Å². The third-order valence-electron chi connectivity index (χ3n) is 5.78. The Morgan fingerprint density at radius 2 is 2.16 bits per heavy atom. The van der Waals surface area contributed by atoms with Gasteiger partial charge in [-0.2, -0.15) is 0 Å². The number of carbonyl (C=O) groups is 2. The van der Waals surface area contributed by atoms with Crippen LogP contribution in [0.4, 0.5) is 4.79 Å². The van der Waals surface area contributed by atoms with E-state index in [1.165, 1.54) is 23.3 Å². The van der Waals surface area contributed by atoms with E-state index in [0.29, 0.717) is 24.6 Å². The highest BCUT2D eigenvalue weighted by Crippen LogP contribution is 2.41. The van der Waals surface area contributed by atoms with Crippen molar-refractivity contribution in [2.24, 2.45) is 0 Å².